The van der Waals surface area contributed by atoms with Crippen molar-refractivity contribution >= 4 is 15.8 Å². The number of benzene rings is 1. The summed E-state index contributed by atoms with van der Waals surface area (Å²) in [4.78, 5) is -0.0699. The second kappa shape index (κ2) is 3.83. The third-order valence-corrected chi connectivity index (χ3v) is 3.31. The highest BCUT2D eigenvalue weighted by atomic mass is 32.2. The van der Waals surface area contributed by atoms with Crippen LogP contribution in [-0.2, 0) is 10.1 Å². The van der Waals surface area contributed by atoms with Gasteiger partial charge in [-0.05, 0) is 43.0 Å². The van der Waals surface area contributed by atoms with Crippen molar-refractivity contribution in [1.29, 1.82) is 0 Å². The fraction of sp³-hybridized carbons (Fsp3) is 0.400. The van der Waals surface area contributed by atoms with E-state index < -0.39 is 10.1 Å². The van der Waals surface area contributed by atoms with Crippen LogP contribution in [0, 0.1) is 5.92 Å². The van der Waals surface area contributed by atoms with Crippen LogP contribution in [0.25, 0.3) is 0 Å². The molecule has 4 nitrogen and oxygen atoms in total. The summed E-state index contributed by atoms with van der Waals surface area (Å²) in [6.07, 6.45) is 2.55. The van der Waals surface area contributed by atoms with Gasteiger partial charge in [0.1, 0.15) is 0 Å². The van der Waals surface area contributed by atoms with E-state index in [4.69, 9.17) is 4.55 Å². The smallest absolute Gasteiger partial charge is 0.294 e. The van der Waals surface area contributed by atoms with Crippen molar-refractivity contribution < 1.29 is 13.0 Å². The maximum Gasteiger partial charge on any atom is 0.294 e. The van der Waals surface area contributed by atoms with Crippen molar-refractivity contribution in [2.24, 2.45) is 5.92 Å². The van der Waals surface area contributed by atoms with Crippen molar-refractivity contribution in [3.8, 4) is 0 Å². The standard InChI is InChI=1S/C10H13NO3S/c12-15(13,14)10-5-3-9(4-6-10)11-7-8-1-2-8/h3-6,8,11H,1-2,7H2,(H,12,13,14). The Morgan fingerprint density at radius 1 is 1.27 bits per heavy atom. The van der Waals surface area contributed by atoms with E-state index in [1.165, 1.54) is 25.0 Å². The van der Waals surface area contributed by atoms with Gasteiger partial charge >= 0.3 is 0 Å². The van der Waals surface area contributed by atoms with Crippen LogP contribution in [0.2, 0.25) is 0 Å². The lowest BCUT2D eigenvalue weighted by Crippen LogP contribution is -2.03. The molecule has 0 radical (unpaired) electrons. The predicted molar refractivity (Wildman–Crippen MR) is 57.5 cm³/mol. The van der Waals surface area contributed by atoms with Crippen molar-refractivity contribution in [1.82, 2.24) is 0 Å². The van der Waals surface area contributed by atoms with Crippen LogP contribution >= 0.6 is 0 Å². The van der Waals surface area contributed by atoms with Crippen LogP contribution < -0.4 is 5.32 Å². The first-order valence-corrected chi connectivity index (χ1v) is 6.31. The summed E-state index contributed by atoms with van der Waals surface area (Å²) in [5.74, 6) is 0.770. The fourth-order valence-electron chi connectivity index (χ4n) is 1.33. The van der Waals surface area contributed by atoms with E-state index in [-0.39, 0.29) is 4.90 Å². The van der Waals surface area contributed by atoms with Crippen LogP contribution in [-0.4, -0.2) is 19.5 Å². The third kappa shape index (κ3) is 2.94. The highest BCUT2D eigenvalue weighted by Crippen LogP contribution is 2.29. The van der Waals surface area contributed by atoms with E-state index >= 15 is 0 Å². The Balaban J connectivity index is 2.02. The predicted octanol–water partition coefficient (Wildman–Crippen LogP) is 1.76. The quantitative estimate of drug-likeness (QED) is 0.769. The molecule has 0 unspecified atom stereocenters. The largest absolute Gasteiger partial charge is 0.385 e. The van der Waals surface area contributed by atoms with Gasteiger partial charge in [0.15, 0.2) is 0 Å². The van der Waals surface area contributed by atoms with E-state index in [9.17, 15) is 8.42 Å². The van der Waals surface area contributed by atoms with Crippen LogP contribution in [0.3, 0.4) is 0 Å². The first-order valence-electron chi connectivity index (χ1n) is 4.87. The topological polar surface area (TPSA) is 66.4 Å². The van der Waals surface area contributed by atoms with Gasteiger partial charge in [-0.2, -0.15) is 8.42 Å². The Labute approximate surface area is 89.1 Å². The summed E-state index contributed by atoms with van der Waals surface area (Å²) in [6, 6.07) is 6.10. The molecule has 1 aromatic rings. The van der Waals surface area contributed by atoms with E-state index in [0.717, 1.165) is 18.2 Å². The molecule has 0 heterocycles. The molecule has 1 saturated carbocycles. The Morgan fingerprint density at radius 2 is 1.87 bits per heavy atom. The second-order valence-corrected chi connectivity index (χ2v) is 5.25. The van der Waals surface area contributed by atoms with Gasteiger partial charge in [-0.15, -0.1) is 0 Å². The number of anilines is 1. The van der Waals surface area contributed by atoms with Gasteiger partial charge in [0.05, 0.1) is 4.90 Å². The molecule has 1 aromatic carbocycles. The summed E-state index contributed by atoms with van der Waals surface area (Å²) >= 11 is 0. The zero-order valence-corrected chi connectivity index (χ0v) is 9.00. The van der Waals surface area contributed by atoms with Crippen molar-refractivity contribution in [2.75, 3.05) is 11.9 Å². The zero-order valence-electron chi connectivity index (χ0n) is 8.18. The molecular formula is C10H13NO3S. The van der Waals surface area contributed by atoms with Crippen LogP contribution in [0.1, 0.15) is 12.8 Å². The van der Waals surface area contributed by atoms with Crippen molar-refractivity contribution in [3.05, 3.63) is 24.3 Å². The molecule has 0 spiro atoms. The van der Waals surface area contributed by atoms with E-state index in [0.29, 0.717) is 0 Å². The Hall–Kier alpha value is -1.07. The van der Waals surface area contributed by atoms with Gasteiger partial charge in [-0.3, -0.25) is 4.55 Å². The molecule has 2 N–H and O–H groups in total. The molecule has 0 aromatic heterocycles. The summed E-state index contributed by atoms with van der Waals surface area (Å²) in [5, 5.41) is 3.21. The normalized spacial score (nSPS) is 16.3. The average Bonchev–Trinajstić information content (AvgIpc) is 2.97. The highest BCUT2D eigenvalue weighted by Gasteiger charge is 2.20. The van der Waals surface area contributed by atoms with Crippen molar-refractivity contribution in [3.63, 3.8) is 0 Å². The molecule has 0 saturated heterocycles. The fourth-order valence-corrected chi connectivity index (χ4v) is 1.81. The molecule has 0 aliphatic heterocycles. The molecule has 15 heavy (non-hydrogen) atoms. The number of rotatable bonds is 4. The molecule has 1 aliphatic rings. The molecule has 82 valence electrons. The minimum absolute atomic E-state index is 0.0699. The van der Waals surface area contributed by atoms with Gasteiger partial charge in [0.2, 0.25) is 0 Å². The number of hydrogen-bond acceptors (Lipinski definition) is 3. The lowest BCUT2D eigenvalue weighted by Gasteiger charge is -2.05. The minimum atomic E-state index is -4.07. The summed E-state index contributed by atoms with van der Waals surface area (Å²) in [7, 11) is -4.07. The molecule has 0 atom stereocenters. The zero-order chi connectivity index (χ0) is 10.9. The molecule has 1 aliphatic carbocycles. The molecule has 2 rings (SSSR count). The van der Waals surface area contributed by atoms with Crippen LogP contribution in [0.5, 0.6) is 0 Å². The molecule has 0 bridgehead atoms. The minimum Gasteiger partial charge on any atom is -0.385 e. The first-order chi connectivity index (χ1) is 7.05. The van der Waals surface area contributed by atoms with E-state index in [1.54, 1.807) is 12.1 Å². The lowest BCUT2D eigenvalue weighted by atomic mass is 10.3. The SMILES string of the molecule is O=S(=O)(O)c1ccc(NCC2CC2)cc1. The average molecular weight is 227 g/mol. The maximum atomic E-state index is 10.8. The summed E-state index contributed by atoms with van der Waals surface area (Å²) in [5.41, 5.74) is 0.884. The Bertz CT molecular complexity index is 434. The van der Waals surface area contributed by atoms with Gasteiger partial charge < -0.3 is 5.32 Å². The van der Waals surface area contributed by atoms with Gasteiger partial charge in [-0.25, -0.2) is 0 Å². The third-order valence-electron chi connectivity index (χ3n) is 2.44. The van der Waals surface area contributed by atoms with Gasteiger partial charge in [0, 0.05) is 12.2 Å². The monoisotopic (exact) mass is 227 g/mol. The Morgan fingerprint density at radius 3 is 2.33 bits per heavy atom. The van der Waals surface area contributed by atoms with E-state index in [2.05, 4.69) is 5.32 Å². The molecule has 0 amide bonds. The van der Waals surface area contributed by atoms with Gasteiger partial charge in [-0.1, -0.05) is 0 Å². The lowest BCUT2D eigenvalue weighted by molar-refractivity contribution is 0.483. The molecule has 1 fully saturated rings. The summed E-state index contributed by atoms with van der Waals surface area (Å²) in [6.45, 7) is 0.936. The second-order valence-electron chi connectivity index (χ2n) is 3.82. The summed E-state index contributed by atoms with van der Waals surface area (Å²) < 4.78 is 30.3. The van der Waals surface area contributed by atoms with Crippen molar-refractivity contribution in [2.45, 2.75) is 17.7 Å². The Kier molecular flexibility index (Phi) is 2.67. The van der Waals surface area contributed by atoms with Gasteiger partial charge in [0.25, 0.3) is 10.1 Å². The number of nitrogens with one attached hydrogen (secondary N) is 1. The highest BCUT2D eigenvalue weighted by molar-refractivity contribution is 7.85. The first kappa shape index (κ1) is 10.4. The molecular weight excluding hydrogens is 214 g/mol. The molecule has 5 heteroatoms. The van der Waals surface area contributed by atoms with Crippen LogP contribution in [0.15, 0.2) is 29.2 Å². The van der Waals surface area contributed by atoms with Crippen LogP contribution in [0.4, 0.5) is 5.69 Å². The maximum absolute atomic E-state index is 10.8. The number of hydrogen-bond donors (Lipinski definition) is 2. The van der Waals surface area contributed by atoms with E-state index in [1.807, 2.05) is 0 Å².